The third kappa shape index (κ3) is 10.2. The second kappa shape index (κ2) is 18.0. The van der Waals surface area contributed by atoms with Crippen molar-refractivity contribution in [1.82, 2.24) is 5.32 Å². The van der Waals surface area contributed by atoms with Crippen LogP contribution in [-0.2, 0) is 0 Å². The lowest BCUT2D eigenvalue weighted by molar-refractivity contribution is -0.0573. The van der Waals surface area contributed by atoms with Gasteiger partial charge in [-0.25, -0.2) is 0 Å². The van der Waals surface area contributed by atoms with E-state index in [1.807, 2.05) is 0 Å². The Bertz CT molecular complexity index is 805. The van der Waals surface area contributed by atoms with Crippen LogP contribution in [0.15, 0.2) is 11.6 Å². The van der Waals surface area contributed by atoms with E-state index in [4.69, 9.17) is 16.9 Å². The predicted molar refractivity (Wildman–Crippen MR) is 180 cm³/mol. The summed E-state index contributed by atoms with van der Waals surface area (Å²) in [5.41, 5.74) is 22.2. The van der Waals surface area contributed by atoms with Crippen molar-refractivity contribution >= 4 is 5.96 Å². The van der Waals surface area contributed by atoms with Gasteiger partial charge in [0.25, 0.3) is 0 Å². The molecule has 0 bridgehead atoms. The lowest BCUT2D eigenvalue weighted by atomic mass is 9.47. The van der Waals surface area contributed by atoms with E-state index in [0.717, 1.165) is 87.4 Å². The fourth-order valence-corrected chi connectivity index (χ4v) is 9.41. The summed E-state index contributed by atoms with van der Waals surface area (Å²) >= 11 is 0. The van der Waals surface area contributed by atoms with Gasteiger partial charge in [0.05, 0.1) is 6.10 Å². The highest BCUT2D eigenvalue weighted by Gasteiger charge is 2.59. The number of hydrogen-bond donors (Lipinski definition) is 7. The number of nitrogens with one attached hydrogen (secondary N) is 2. The molecule has 0 radical (unpaired) electrons. The van der Waals surface area contributed by atoms with Gasteiger partial charge in [0, 0.05) is 0 Å². The standard InChI is InChI=1S/C27H46O.C7H19N3.CH5N3/c1-18(2)7-6-8-19(3)23-11-12-24-22-10-9-20-17-21(28)13-15-26(20,4)25(22)14-16-27(23,24)5;8-4-1-2-6-10-7-3-5-9;2-1(3)4/h9,18-19,21-25,28H,6-8,10-17H2,1-5H3;10H,1-9H2;(H5,2,3,4)/t19?,21-,22-,23+,24-,25-,26-,27+;;/m0../s1. The van der Waals surface area contributed by atoms with E-state index >= 15 is 0 Å². The molecule has 8 atom stereocenters. The summed E-state index contributed by atoms with van der Waals surface area (Å²) in [7, 11) is 0. The molecule has 42 heavy (non-hydrogen) atoms. The summed E-state index contributed by atoms with van der Waals surface area (Å²) in [5.74, 6) is 5.12. The van der Waals surface area contributed by atoms with E-state index in [2.05, 4.69) is 57.5 Å². The van der Waals surface area contributed by atoms with E-state index in [9.17, 15) is 5.11 Å². The molecule has 4 aliphatic carbocycles. The molecule has 3 saturated carbocycles. The second-order valence-corrected chi connectivity index (χ2v) is 15.0. The van der Waals surface area contributed by atoms with Gasteiger partial charge in [-0.1, -0.05) is 65.5 Å². The average molecular weight is 591 g/mol. The quantitative estimate of drug-likeness (QED) is 0.0649. The number of rotatable bonds is 12. The molecular weight excluding hydrogens is 520 g/mol. The number of unbranched alkanes of at least 4 members (excludes halogenated alkanes) is 1. The lowest BCUT2D eigenvalue weighted by Gasteiger charge is -2.58. The molecule has 0 spiro atoms. The summed E-state index contributed by atoms with van der Waals surface area (Å²) in [4.78, 5) is 0. The first kappa shape index (κ1) is 37.0. The van der Waals surface area contributed by atoms with E-state index in [1.165, 1.54) is 64.2 Å². The van der Waals surface area contributed by atoms with Crippen molar-refractivity contribution in [2.24, 2.45) is 69.3 Å². The van der Waals surface area contributed by atoms with Crippen molar-refractivity contribution in [3.05, 3.63) is 11.6 Å². The van der Waals surface area contributed by atoms with Gasteiger partial charge < -0.3 is 33.4 Å². The summed E-state index contributed by atoms with van der Waals surface area (Å²) in [6.07, 6.45) is 20.5. The van der Waals surface area contributed by atoms with Crippen LogP contribution in [0.2, 0.25) is 0 Å². The molecular formula is C35H70N6O. The molecule has 0 saturated heterocycles. The number of hydrogen-bond acceptors (Lipinski definition) is 5. The van der Waals surface area contributed by atoms with Gasteiger partial charge in [-0.3, -0.25) is 5.41 Å². The molecule has 0 amide bonds. The van der Waals surface area contributed by atoms with Gasteiger partial charge in [0.2, 0.25) is 0 Å². The van der Waals surface area contributed by atoms with Crippen LogP contribution in [0.3, 0.4) is 0 Å². The van der Waals surface area contributed by atoms with E-state index in [0.29, 0.717) is 10.8 Å². The third-order valence-corrected chi connectivity index (χ3v) is 11.6. The van der Waals surface area contributed by atoms with Crippen molar-refractivity contribution in [2.45, 2.75) is 131 Å². The van der Waals surface area contributed by atoms with Crippen molar-refractivity contribution < 1.29 is 5.11 Å². The normalized spacial score (nSPS) is 34.0. The van der Waals surface area contributed by atoms with Crippen LogP contribution >= 0.6 is 0 Å². The maximum absolute atomic E-state index is 10.2. The Morgan fingerprint density at radius 1 is 0.929 bits per heavy atom. The second-order valence-electron chi connectivity index (χ2n) is 15.0. The van der Waals surface area contributed by atoms with E-state index in [1.54, 1.807) is 5.57 Å². The summed E-state index contributed by atoms with van der Waals surface area (Å²) in [5, 5.41) is 19.6. The maximum Gasteiger partial charge on any atom is 0.183 e. The molecule has 0 aromatic heterocycles. The maximum atomic E-state index is 10.2. The van der Waals surface area contributed by atoms with E-state index < -0.39 is 0 Å². The Morgan fingerprint density at radius 2 is 1.60 bits per heavy atom. The van der Waals surface area contributed by atoms with Crippen LogP contribution in [0.5, 0.6) is 0 Å². The highest BCUT2D eigenvalue weighted by molar-refractivity contribution is 5.71. The summed E-state index contributed by atoms with van der Waals surface area (Å²) in [6.45, 7) is 16.3. The van der Waals surface area contributed by atoms with Crippen LogP contribution < -0.4 is 28.3 Å². The molecule has 0 aliphatic heterocycles. The van der Waals surface area contributed by atoms with Gasteiger partial charge in [-0.2, -0.15) is 0 Å². The van der Waals surface area contributed by atoms with Crippen molar-refractivity contribution in [1.29, 1.82) is 5.41 Å². The van der Waals surface area contributed by atoms with Crippen molar-refractivity contribution in [3.8, 4) is 0 Å². The van der Waals surface area contributed by atoms with Crippen LogP contribution in [0, 0.1) is 51.7 Å². The smallest absolute Gasteiger partial charge is 0.183 e. The fourth-order valence-electron chi connectivity index (χ4n) is 9.41. The number of nitrogens with two attached hydrogens (primary N) is 4. The summed E-state index contributed by atoms with van der Waals surface area (Å²) < 4.78 is 0. The minimum absolute atomic E-state index is 0.0766. The number of guanidine groups is 1. The number of allylic oxidation sites excluding steroid dienone is 1. The Morgan fingerprint density at radius 3 is 2.24 bits per heavy atom. The fraction of sp³-hybridized carbons (Fsp3) is 0.914. The monoisotopic (exact) mass is 591 g/mol. The van der Waals surface area contributed by atoms with Gasteiger partial charge in [0.1, 0.15) is 0 Å². The van der Waals surface area contributed by atoms with Gasteiger partial charge in [-0.15, -0.1) is 0 Å². The Hall–Kier alpha value is -1.15. The molecule has 7 nitrogen and oxygen atoms in total. The van der Waals surface area contributed by atoms with E-state index in [-0.39, 0.29) is 12.1 Å². The highest BCUT2D eigenvalue weighted by atomic mass is 16.3. The van der Waals surface area contributed by atoms with Crippen molar-refractivity contribution in [3.63, 3.8) is 0 Å². The first-order chi connectivity index (χ1) is 19.9. The zero-order chi connectivity index (χ0) is 31.3. The molecule has 3 fully saturated rings. The first-order valence-electron chi connectivity index (χ1n) is 17.5. The van der Waals surface area contributed by atoms with Crippen LogP contribution in [0.1, 0.15) is 125 Å². The SMILES string of the molecule is CC(C)CCCC(C)[C@H]1CC[C@H]2[C@@H]3CC=C4C[C@@H](O)CC[C@]4(C)[C@H]3CC[C@]12C.N=C(N)N.NCCCCNCCCN. The van der Waals surface area contributed by atoms with Gasteiger partial charge in [0.15, 0.2) is 5.96 Å². The van der Waals surface area contributed by atoms with Crippen LogP contribution in [-0.4, -0.2) is 43.3 Å². The Balaban J connectivity index is 0.000000369. The number of aliphatic hydroxyl groups excluding tert-OH is 1. The molecule has 1 unspecified atom stereocenters. The van der Waals surface area contributed by atoms with Crippen molar-refractivity contribution in [2.75, 3.05) is 26.2 Å². The summed E-state index contributed by atoms with van der Waals surface area (Å²) in [6, 6.07) is 0. The molecule has 0 aromatic rings. The number of fused-ring (bicyclic) bond motifs is 5. The Labute approximate surface area is 259 Å². The Kier molecular flexibility index (Phi) is 15.8. The minimum Gasteiger partial charge on any atom is -0.393 e. The third-order valence-electron chi connectivity index (χ3n) is 11.6. The molecule has 4 rings (SSSR count). The highest BCUT2D eigenvalue weighted by Crippen LogP contribution is 2.67. The van der Waals surface area contributed by atoms with Crippen LogP contribution in [0.25, 0.3) is 0 Å². The minimum atomic E-state index is -0.333. The molecule has 7 heteroatoms. The molecule has 11 N–H and O–H groups in total. The topological polar surface area (TPSA) is 160 Å². The zero-order valence-electron chi connectivity index (χ0n) is 28.1. The molecule has 0 heterocycles. The molecule has 4 aliphatic rings. The van der Waals surface area contributed by atoms with Gasteiger partial charge >= 0.3 is 0 Å². The average Bonchev–Trinajstić information content (AvgIpc) is 3.28. The first-order valence-corrected chi connectivity index (χ1v) is 17.5. The largest absolute Gasteiger partial charge is 0.393 e. The van der Waals surface area contributed by atoms with Gasteiger partial charge in [-0.05, 0) is 143 Å². The molecule has 246 valence electrons. The van der Waals surface area contributed by atoms with Crippen LogP contribution in [0.4, 0.5) is 0 Å². The molecule has 0 aromatic carbocycles. The number of aliphatic hydroxyl groups is 1. The zero-order valence-corrected chi connectivity index (χ0v) is 28.1. The predicted octanol–water partition coefficient (Wildman–Crippen LogP) is 5.89. The lowest BCUT2D eigenvalue weighted by Crippen LogP contribution is -2.50.